The maximum absolute atomic E-state index is 12.4. The summed E-state index contributed by atoms with van der Waals surface area (Å²) in [5.74, 6) is -0.421. The van der Waals surface area contributed by atoms with Crippen LogP contribution >= 0.6 is 11.6 Å². The van der Waals surface area contributed by atoms with Crippen LogP contribution < -0.4 is 10.2 Å². The van der Waals surface area contributed by atoms with Crippen LogP contribution in [0.4, 0.5) is 0 Å². The molecule has 0 aromatic heterocycles. The van der Waals surface area contributed by atoms with Gasteiger partial charge in [0.25, 0.3) is 0 Å². The number of amides is 1. The zero-order valence-corrected chi connectivity index (χ0v) is 17.8. The van der Waals surface area contributed by atoms with Crippen molar-refractivity contribution in [2.45, 2.75) is 6.42 Å². The summed E-state index contributed by atoms with van der Waals surface area (Å²) in [6.45, 7) is 0. The molecule has 4 aromatic rings. The van der Waals surface area contributed by atoms with Crippen LogP contribution in [0.2, 0.25) is 5.02 Å². The number of fused-ring (bicyclic) bond motifs is 1. The SMILES string of the molecule is O=C(Cc1cccc2ccccc12)N/N=C\c1ccccc1OC(=O)c1ccc(Cl)cc1. The van der Waals surface area contributed by atoms with Gasteiger partial charge in [0.2, 0.25) is 5.91 Å². The van der Waals surface area contributed by atoms with E-state index < -0.39 is 5.97 Å². The van der Waals surface area contributed by atoms with Crippen LogP contribution in [-0.4, -0.2) is 18.1 Å². The van der Waals surface area contributed by atoms with E-state index in [-0.39, 0.29) is 12.3 Å². The van der Waals surface area contributed by atoms with Gasteiger partial charge in [0, 0.05) is 10.6 Å². The normalized spacial score (nSPS) is 10.9. The van der Waals surface area contributed by atoms with Crippen LogP contribution in [0, 0.1) is 0 Å². The first-order valence-corrected chi connectivity index (χ1v) is 10.3. The van der Waals surface area contributed by atoms with Crippen LogP contribution in [0.15, 0.2) is 96.1 Å². The Morgan fingerprint density at radius 3 is 2.44 bits per heavy atom. The molecule has 0 fully saturated rings. The average molecular weight is 443 g/mol. The number of nitrogens with one attached hydrogen (secondary N) is 1. The van der Waals surface area contributed by atoms with E-state index in [0.29, 0.717) is 21.9 Å². The monoisotopic (exact) mass is 442 g/mol. The quantitative estimate of drug-likeness (QED) is 0.188. The highest BCUT2D eigenvalue weighted by atomic mass is 35.5. The van der Waals surface area contributed by atoms with E-state index >= 15 is 0 Å². The maximum Gasteiger partial charge on any atom is 0.343 e. The highest BCUT2D eigenvalue weighted by Gasteiger charge is 2.11. The molecule has 158 valence electrons. The van der Waals surface area contributed by atoms with Gasteiger partial charge < -0.3 is 4.74 Å². The van der Waals surface area contributed by atoms with Gasteiger partial charge in [-0.05, 0) is 52.7 Å². The van der Waals surface area contributed by atoms with E-state index in [1.807, 2.05) is 42.5 Å². The fourth-order valence-electron chi connectivity index (χ4n) is 3.26. The number of carbonyl (C=O) groups excluding carboxylic acids is 2. The van der Waals surface area contributed by atoms with Gasteiger partial charge in [-0.3, -0.25) is 4.79 Å². The van der Waals surface area contributed by atoms with Crippen molar-refractivity contribution in [1.82, 2.24) is 5.43 Å². The smallest absolute Gasteiger partial charge is 0.343 e. The first-order valence-electron chi connectivity index (χ1n) is 9.95. The van der Waals surface area contributed by atoms with Gasteiger partial charge in [-0.25, -0.2) is 10.2 Å². The van der Waals surface area contributed by atoms with Gasteiger partial charge in [-0.2, -0.15) is 5.10 Å². The standard InChI is InChI=1S/C26H19ClN2O3/c27-22-14-12-19(13-15-22)26(31)32-24-11-4-2-7-21(24)17-28-29-25(30)16-20-9-5-8-18-6-1-3-10-23(18)20/h1-15,17H,16H2,(H,29,30)/b28-17-. The molecule has 0 aliphatic carbocycles. The van der Waals surface area contributed by atoms with Crippen LogP contribution in [0.3, 0.4) is 0 Å². The number of halogens is 1. The molecule has 0 atom stereocenters. The molecule has 0 aliphatic rings. The minimum absolute atomic E-state index is 0.200. The molecule has 0 bridgehead atoms. The zero-order chi connectivity index (χ0) is 22.3. The highest BCUT2D eigenvalue weighted by molar-refractivity contribution is 6.30. The van der Waals surface area contributed by atoms with E-state index in [9.17, 15) is 9.59 Å². The number of benzene rings is 4. The molecule has 32 heavy (non-hydrogen) atoms. The second-order valence-electron chi connectivity index (χ2n) is 7.04. The summed E-state index contributed by atoms with van der Waals surface area (Å²) >= 11 is 5.86. The molecular formula is C26H19ClN2O3. The molecule has 0 spiro atoms. The van der Waals surface area contributed by atoms with Gasteiger partial charge in [0.15, 0.2) is 0 Å². The molecule has 0 aliphatic heterocycles. The minimum Gasteiger partial charge on any atom is -0.422 e. The first kappa shape index (κ1) is 21.3. The Morgan fingerprint density at radius 2 is 1.59 bits per heavy atom. The Hall–Kier alpha value is -3.96. The van der Waals surface area contributed by atoms with Gasteiger partial charge >= 0.3 is 5.97 Å². The molecule has 0 unspecified atom stereocenters. The molecule has 4 rings (SSSR count). The lowest BCUT2D eigenvalue weighted by Gasteiger charge is -2.08. The van der Waals surface area contributed by atoms with E-state index in [2.05, 4.69) is 10.5 Å². The Labute approximate surface area is 190 Å². The van der Waals surface area contributed by atoms with Crippen molar-refractivity contribution in [2.24, 2.45) is 5.10 Å². The zero-order valence-electron chi connectivity index (χ0n) is 17.0. The number of rotatable bonds is 6. The minimum atomic E-state index is -0.512. The van der Waals surface area contributed by atoms with Crippen LogP contribution in [0.1, 0.15) is 21.5 Å². The van der Waals surface area contributed by atoms with Crippen molar-refractivity contribution in [1.29, 1.82) is 0 Å². The number of hydrazone groups is 1. The van der Waals surface area contributed by atoms with E-state index in [1.54, 1.807) is 48.5 Å². The van der Waals surface area contributed by atoms with Gasteiger partial charge in [-0.1, -0.05) is 66.2 Å². The van der Waals surface area contributed by atoms with Gasteiger partial charge in [0.1, 0.15) is 5.75 Å². The number of nitrogens with zero attached hydrogens (tertiary/aromatic N) is 1. The molecule has 6 heteroatoms. The van der Waals surface area contributed by atoms with Crippen molar-refractivity contribution < 1.29 is 14.3 Å². The lowest BCUT2D eigenvalue weighted by atomic mass is 10.0. The lowest BCUT2D eigenvalue weighted by Crippen LogP contribution is -2.20. The molecule has 0 saturated carbocycles. The summed E-state index contributed by atoms with van der Waals surface area (Å²) < 4.78 is 5.49. The molecular weight excluding hydrogens is 424 g/mol. The predicted molar refractivity (Wildman–Crippen MR) is 126 cm³/mol. The van der Waals surface area contributed by atoms with Crippen LogP contribution in [-0.2, 0) is 11.2 Å². The summed E-state index contributed by atoms with van der Waals surface area (Å²) in [5, 5.41) is 6.69. The topological polar surface area (TPSA) is 67.8 Å². The molecule has 5 nitrogen and oxygen atoms in total. The fraction of sp³-hybridized carbons (Fsp3) is 0.0385. The predicted octanol–water partition coefficient (Wildman–Crippen LogP) is 5.41. The summed E-state index contributed by atoms with van der Waals surface area (Å²) in [5.41, 5.74) is 4.40. The molecule has 0 saturated heterocycles. The third kappa shape index (κ3) is 5.20. The third-order valence-corrected chi connectivity index (χ3v) is 5.08. The molecule has 0 radical (unpaired) electrons. The number of hydrogen-bond donors (Lipinski definition) is 1. The molecule has 4 aromatic carbocycles. The van der Waals surface area contributed by atoms with E-state index in [0.717, 1.165) is 16.3 Å². The number of ether oxygens (including phenoxy) is 1. The van der Waals surface area contributed by atoms with Crippen molar-refractivity contribution >= 4 is 40.5 Å². The molecule has 1 amide bonds. The second-order valence-corrected chi connectivity index (χ2v) is 7.48. The maximum atomic E-state index is 12.4. The van der Waals surface area contributed by atoms with Crippen LogP contribution in [0.5, 0.6) is 5.75 Å². The number of para-hydroxylation sites is 1. The number of esters is 1. The van der Waals surface area contributed by atoms with Crippen LogP contribution in [0.25, 0.3) is 10.8 Å². The Morgan fingerprint density at radius 1 is 0.875 bits per heavy atom. The van der Waals surface area contributed by atoms with Crippen molar-refractivity contribution in [3.8, 4) is 5.75 Å². The third-order valence-electron chi connectivity index (χ3n) is 4.83. The Kier molecular flexibility index (Phi) is 6.58. The average Bonchev–Trinajstić information content (AvgIpc) is 2.81. The fourth-order valence-corrected chi connectivity index (χ4v) is 3.38. The number of carbonyl (C=O) groups is 2. The van der Waals surface area contributed by atoms with Crippen molar-refractivity contribution in [2.75, 3.05) is 0 Å². The molecule has 1 N–H and O–H groups in total. The summed E-state index contributed by atoms with van der Waals surface area (Å²) in [7, 11) is 0. The van der Waals surface area contributed by atoms with Gasteiger partial charge in [0.05, 0.1) is 18.2 Å². The largest absolute Gasteiger partial charge is 0.422 e. The first-order chi connectivity index (χ1) is 15.6. The Bertz CT molecular complexity index is 1290. The van der Waals surface area contributed by atoms with Crippen molar-refractivity contribution in [3.05, 3.63) is 113 Å². The second kappa shape index (κ2) is 9.90. The highest BCUT2D eigenvalue weighted by Crippen LogP contribution is 2.20. The summed E-state index contributed by atoms with van der Waals surface area (Å²) in [6, 6.07) is 27.2. The van der Waals surface area contributed by atoms with Crippen molar-refractivity contribution in [3.63, 3.8) is 0 Å². The summed E-state index contributed by atoms with van der Waals surface area (Å²) in [6.07, 6.45) is 1.65. The van der Waals surface area contributed by atoms with E-state index in [1.165, 1.54) is 6.21 Å². The molecule has 0 heterocycles. The summed E-state index contributed by atoms with van der Waals surface area (Å²) in [4.78, 5) is 24.8. The Balaban J connectivity index is 1.42. The lowest BCUT2D eigenvalue weighted by molar-refractivity contribution is -0.120. The van der Waals surface area contributed by atoms with Gasteiger partial charge in [-0.15, -0.1) is 0 Å². The number of hydrogen-bond acceptors (Lipinski definition) is 4. The van der Waals surface area contributed by atoms with E-state index in [4.69, 9.17) is 16.3 Å².